The van der Waals surface area contributed by atoms with Crippen LogP contribution in [0.2, 0.25) is 0 Å². The third-order valence-electron chi connectivity index (χ3n) is 6.79. The van der Waals surface area contributed by atoms with Gasteiger partial charge < -0.3 is 15.0 Å². The normalized spacial score (nSPS) is 21.9. The molecule has 1 fully saturated rings. The molecule has 0 spiro atoms. The van der Waals surface area contributed by atoms with Crippen LogP contribution in [0.15, 0.2) is 58.7 Å². The number of aryl methyl sites for hydroxylation is 1. The lowest BCUT2D eigenvalue weighted by Gasteiger charge is -2.36. The minimum atomic E-state index is -0.179. The first-order valence-electron chi connectivity index (χ1n) is 12.3. The molecule has 0 bridgehead atoms. The Bertz CT molecular complexity index is 1170. The number of nitrogens with one attached hydrogen (secondary N) is 1. The van der Waals surface area contributed by atoms with Crippen LogP contribution < -0.4 is 5.32 Å². The molecule has 2 aliphatic rings. The fourth-order valence-corrected chi connectivity index (χ4v) is 5.01. The van der Waals surface area contributed by atoms with Gasteiger partial charge in [0.2, 0.25) is 0 Å². The minimum Gasteiger partial charge on any atom is -0.467 e. The van der Waals surface area contributed by atoms with Gasteiger partial charge in [-0.05, 0) is 54.0 Å². The molecule has 4 rings (SSSR count). The van der Waals surface area contributed by atoms with Crippen molar-refractivity contribution in [3.63, 3.8) is 0 Å². The van der Waals surface area contributed by atoms with Crippen LogP contribution in [0.1, 0.15) is 51.2 Å². The highest BCUT2D eigenvalue weighted by atomic mass is 19.1. The number of aliphatic imine (C=N–C) groups is 2. The third kappa shape index (κ3) is 4.72. The summed E-state index contributed by atoms with van der Waals surface area (Å²) in [6, 6.07) is 9.74. The molecule has 6 heteroatoms. The highest BCUT2D eigenvalue weighted by molar-refractivity contribution is 6.07. The van der Waals surface area contributed by atoms with Crippen LogP contribution in [0.5, 0.6) is 0 Å². The van der Waals surface area contributed by atoms with Crippen molar-refractivity contribution in [3.05, 3.63) is 65.6 Å². The summed E-state index contributed by atoms with van der Waals surface area (Å²) in [4.78, 5) is 11.8. The fourth-order valence-electron chi connectivity index (χ4n) is 5.01. The standard InChI is InChI=1S/C28H35FN4O/c1-6-21-24(29)14-13-20-11-8-12-22(26(20)21)19(4)30-16-23-25(7-2)31-28(34-5)32-27(23)33-15-9-10-18(3)17-33/h8,11-14,16,18,25,30H,4,6-7,9-10,15,17H2,1-3,5H3/b23-16+. The van der Waals surface area contributed by atoms with Crippen molar-refractivity contribution < 1.29 is 9.13 Å². The number of nitrogens with zero attached hydrogens (tertiary/aromatic N) is 3. The smallest absolute Gasteiger partial charge is 0.313 e. The maximum atomic E-state index is 14.6. The Morgan fingerprint density at radius 1 is 1.29 bits per heavy atom. The van der Waals surface area contributed by atoms with E-state index in [1.54, 1.807) is 13.2 Å². The second-order valence-corrected chi connectivity index (χ2v) is 9.17. The summed E-state index contributed by atoms with van der Waals surface area (Å²) in [5.74, 6) is 1.36. The Kier molecular flexibility index (Phi) is 7.35. The van der Waals surface area contributed by atoms with Crippen LogP contribution in [-0.2, 0) is 11.2 Å². The fraction of sp³-hybridized carbons (Fsp3) is 0.429. The molecule has 2 aliphatic heterocycles. The van der Waals surface area contributed by atoms with E-state index in [2.05, 4.69) is 30.6 Å². The molecule has 2 aromatic rings. The lowest BCUT2D eigenvalue weighted by Crippen LogP contribution is -2.44. The minimum absolute atomic E-state index is 0.0591. The van der Waals surface area contributed by atoms with Gasteiger partial charge in [-0.25, -0.2) is 9.38 Å². The average Bonchev–Trinajstić information content (AvgIpc) is 2.86. The van der Waals surface area contributed by atoms with Crippen molar-refractivity contribution in [2.24, 2.45) is 15.9 Å². The number of rotatable bonds is 5. The molecule has 0 aromatic heterocycles. The predicted octanol–water partition coefficient (Wildman–Crippen LogP) is 5.91. The average molecular weight is 463 g/mol. The van der Waals surface area contributed by atoms with Crippen LogP contribution in [0.25, 0.3) is 16.5 Å². The van der Waals surface area contributed by atoms with Gasteiger partial charge in [-0.3, -0.25) is 0 Å². The molecule has 1 saturated heterocycles. The van der Waals surface area contributed by atoms with Crippen molar-refractivity contribution in [3.8, 4) is 0 Å². The number of benzene rings is 2. The van der Waals surface area contributed by atoms with E-state index in [9.17, 15) is 4.39 Å². The summed E-state index contributed by atoms with van der Waals surface area (Å²) >= 11 is 0. The number of hydrogen-bond donors (Lipinski definition) is 1. The van der Waals surface area contributed by atoms with Crippen molar-refractivity contribution in [1.29, 1.82) is 0 Å². The van der Waals surface area contributed by atoms with Crippen LogP contribution >= 0.6 is 0 Å². The summed E-state index contributed by atoms with van der Waals surface area (Å²) in [6.45, 7) is 12.6. The lowest BCUT2D eigenvalue weighted by molar-refractivity contribution is 0.271. The number of piperidine rings is 1. The molecular weight excluding hydrogens is 427 g/mol. The van der Waals surface area contributed by atoms with Gasteiger partial charge in [0, 0.05) is 36.1 Å². The zero-order valence-corrected chi connectivity index (χ0v) is 20.7. The third-order valence-corrected chi connectivity index (χ3v) is 6.79. The highest BCUT2D eigenvalue weighted by Crippen LogP contribution is 2.30. The molecule has 0 saturated carbocycles. The summed E-state index contributed by atoms with van der Waals surface area (Å²) in [5.41, 5.74) is 3.37. The number of likely N-dealkylation sites (tertiary alicyclic amines) is 1. The molecular formula is C28H35FN4O. The van der Waals surface area contributed by atoms with E-state index < -0.39 is 0 Å². The first-order chi connectivity index (χ1) is 16.5. The molecule has 180 valence electrons. The van der Waals surface area contributed by atoms with E-state index in [1.807, 2.05) is 37.4 Å². The molecule has 0 aliphatic carbocycles. The topological polar surface area (TPSA) is 49.2 Å². The molecule has 5 nitrogen and oxygen atoms in total. The zero-order valence-electron chi connectivity index (χ0n) is 20.7. The van der Waals surface area contributed by atoms with E-state index in [0.29, 0.717) is 23.9 Å². The largest absolute Gasteiger partial charge is 0.467 e. The Hall–Kier alpha value is -3.15. The second kappa shape index (κ2) is 10.4. The van der Waals surface area contributed by atoms with E-state index in [-0.39, 0.29) is 11.9 Å². The molecule has 0 radical (unpaired) electrons. The van der Waals surface area contributed by atoms with Gasteiger partial charge in [-0.15, -0.1) is 0 Å². The van der Waals surface area contributed by atoms with Crippen LogP contribution in [-0.4, -0.2) is 43.0 Å². The number of methoxy groups -OCH3 is 1. The maximum absolute atomic E-state index is 14.6. The molecule has 2 aromatic carbocycles. The van der Waals surface area contributed by atoms with Gasteiger partial charge in [0.15, 0.2) is 0 Å². The van der Waals surface area contributed by atoms with Gasteiger partial charge in [0.1, 0.15) is 11.7 Å². The Morgan fingerprint density at radius 2 is 2.12 bits per heavy atom. The van der Waals surface area contributed by atoms with E-state index in [0.717, 1.165) is 59.4 Å². The summed E-state index contributed by atoms with van der Waals surface area (Å²) in [7, 11) is 1.62. The van der Waals surface area contributed by atoms with Gasteiger partial charge in [0.05, 0.1) is 13.2 Å². The first-order valence-corrected chi connectivity index (χ1v) is 12.3. The number of amidine groups is 2. The Balaban J connectivity index is 1.70. The summed E-state index contributed by atoms with van der Waals surface area (Å²) in [6.07, 6.45) is 5.80. The first kappa shape index (κ1) is 24.0. The van der Waals surface area contributed by atoms with Crippen molar-refractivity contribution in [1.82, 2.24) is 10.2 Å². The molecule has 1 N–H and O–H groups in total. The van der Waals surface area contributed by atoms with Crippen LogP contribution in [0.4, 0.5) is 4.39 Å². The van der Waals surface area contributed by atoms with Crippen LogP contribution in [0, 0.1) is 11.7 Å². The predicted molar refractivity (Wildman–Crippen MR) is 139 cm³/mol. The monoisotopic (exact) mass is 462 g/mol. The van der Waals surface area contributed by atoms with E-state index in [1.165, 1.54) is 6.42 Å². The molecule has 2 atom stereocenters. The highest BCUT2D eigenvalue weighted by Gasteiger charge is 2.30. The lowest BCUT2D eigenvalue weighted by atomic mass is 9.95. The van der Waals surface area contributed by atoms with Crippen molar-refractivity contribution >= 4 is 28.3 Å². The maximum Gasteiger partial charge on any atom is 0.313 e. The van der Waals surface area contributed by atoms with Gasteiger partial charge in [-0.1, -0.05) is 51.6 Å². The van der Waals surface area contributed by atoms with Gasteiger partial charge >= 0.3 is 6.02 Å². The zero-order chi connectivity index (χ0) is 24.2. The molecule has 2 heterocycles. The van der Waals surface area contributed by atoms with Gasteiger partial charge in [0.25, 0.3) is 0 Å². The van der Waals surface area contributed by atoms with Gasteiger partial charge in [-0.2, -0.15) is 4.99 Å². The number of fused-ring (bicyclic) bond motifs is 1. The van der Waals surface area contributed by atoms with E-state index in [4.69, 9.17) is 14.7 Å². The van der Waals surface area contributed by atoms with Crippen molar-refractivity contribution in [2.45, 2.75) is 52.5 Å². The molecule has 34 heavy (non-hydrogen) atoms. The second-order valence-electron chi connectivity index (χ2n) is 9.17. The molecule has 2 unspecified atom stereocenters. The van der Waals surface area contributed by atoms with Crippen molar-refractivity contribution in [2.75, 3.05) is 20.2 Å². The quantitative estimate of drug-likeness (QED) is 0.601. The number of halogens is 1. The number of hydrogen-bond acceptors (Lipinski definition) is 5. The summed E-state index contributed by atoms with van der Waals surface area (Å²) < 4.78 is 20.0. The summed E-state index contributed by atoms with van der Waals surface area (Å²) in [5, 5.41) is 5.33. The van der Waals surface area contributed by atoms with E-state index >= 15 is 0 Å². The number of ether oxygens (including phenoxy) is 1. The SMILES string of the molecule is C=C(N/C=C1/C(N2CCCC(C)C2)=NC(OC)=NC1CC)c1cccc2ccc(F)c(CC)c12. The Morgan fingerprint density at radius 3 is 2.82 bits per heavy atom. The van der Waals surface area contributed by atoms with Crippen LogP contribution in [0.3, 0.4) is 0 Å². The Labute approximate surface area is 202 Å². The molecule has 0 amide bonds.